The van der Waals surface area contributed by atoms with Crippen molar-refractivity contribution in [3.8, 4) is 0 Å². The lowest BCUT2D eigenvalue weighted by Crippen LogP contribution is -2.40. The lowest BCUT2D eigenvalue weighted by Gasteiger charge is -2.10. The number of halogens is 1. The minimum Gasteiger partial charge on any atom is -0.385 e. The second-order valence-corrected chi connectivity index (χ2v) is 6.95. The van der Waals surface area contributed by atoms with E-state index in [2.05, 4.69) is 4.98 Å². The number of aromatic amines is 1. The second kappa shape index (κ2) is 15.5. The zero-order chi connectivity index (χ0) is 27.6. The van der Waals surface area contributed by atoms with Crippen LogP contribution >= 0.6 is 22.6 Å². The minimum absolute atomic E-state index is 0.0399. The Balaban J connectivity index is 0.000000557. The van der Waals surface area contributed by atoms with Crippen LogP contribution in [0.1, 0.15) is 58.9 Å². The molecule has 176 valence electrons. The molecule has 0 unspecified atom stereocenters. The fourth-order valence-electron chi connectivity index (χ4n) is 2.34. The first-order chi connectivity index (χ1) is 16.1. The largest absolute Gasteiger partial charge is 0.385 e. The van der Waals surface area contributed by atoms with E-state index in [0.717, 1.165) is 12.5 Å². The number of nitrogens with zero attached hydrogens (tertiary/aromatic N) is 3. The molecule has 0 saturated carbocycles. The van der Waals surface area contributed by atoms with Gasteiger partial charge in [-0.15, -0.1) is 0 Å². The Morgan fingerprint density at radius 3 is 1.84 bits per heavy atom. The van der Waals surface area contributed by atoms with Gasteiger partial charge in [-0.2, -0.15) is 0 Å². The van der Waals surface area contributed by atoms with Gasteiger partial charge in [-0.05, 0) is 30.1 Å². The summed E-state index contributed by atoms with van der Waals surface area (Å²) in [5.41, 5.74) is 8.75. The molecule has 0 radical (unpaired) electrons. The summed E-state index contributed by atoms with van der Waals surface area (Å²) in [4.78, 5) is 47.6. The summed E-state index contributed by atoms with van der Waals surface area (Å²) < 4.78 is 31.2. The highest BCUT2D eigenvalue weighted by molar-refractivity contribution is 14.1. The van der Waals surface area contributed by atoms with Crippen molar-refractivity contribution in [2.24, 2.45) is 0 Å². The van der Waals surface area contributed by atoms with Crippen molar-refractivity contribution in [3.05, 3.63) is 53.8 Å². The Labute approximate surface area is 201 Å². The SMILES string of the molecule is CCCn1c(N)cc(=O)[nH]c1=O.[2H]C([2H])(CC)n1c(=O)cc(N)n(CCC)c1=O.[2H]C([2H])(I)CC. The Bertz CT molecular complexity index is 1180. The van der Waals surface area contributed by atoms with Crippen LogP contribution in [0.2, 0.25) is 0 Å². The number of nitrogen functional groups attached to an aromatic ring is 2. The molecule has 2 aromatic rings. The van der Waals surface area contributed by atoms with Crippen LogP contribution in [0.3, 0.4) is 0 Å². The molecule has 10 nitrogen and oxygen atoms in total. The maximum atomic E-state index is 12.0. The molecule has 31 heavy (non-hydrogen) atoms. The molecule has 0 amide bonds. The molecule has 2 heterocycles. The lowest BCUT2D eigenvalue weighted by molar-refractivity contribution is 0.546. The third-order valence-corrected chi connectivity index (χ3v) is 4.40. The molecule has 5 N–H and O–H groups in total. The molecule has 0 fully saturated rings. The summed E-state index contributed by atoms with van der Waals surface area (Å²) in [5, 5.41) is 0. The molecular weight excluding hydrogens is 515 g/mol. The summed E-state index contributed by atoms with van der Waals surface area (Å²) in [6.45, 7) is 6.11. The molecule has 0 aromatic carbocycles. The van der Waals surface area contributed by atoms with Crippen molar-refractivity contribution >= 4 is 34.2 Å². The van der Waals surface area contributed by atoms with Crippen LogP contribution in [-0.2, 0) is 19.6 Å². The normalized spacial score (nSPS) is 12.8. The van der Waals surface area contributed by atoms with Crippen LogP contribution in [0.5, 0.6) is 0 Å². The smallest absolute Gasteiger partial charge is 0.332 e. The molecule has 0 spiro atoms. The monoisotopic (exact) mass is 554 g/mol. The second-order valence-electron chi connectivity index (χ2n) is 6.19. The minimum atomic E-state index is -1.99. The number of aromatic nitrogens is 4. The van der Waals surface area contributed by atoms with E-state index in [9.17, 15) is 19.2 Å². The van der Waals surface area contributed by atoms with Gasteiger partial charge in [-0.3, -0.25) is 28.3 Å². The van der Waals surface area contributed by atoms with E-state index in [0.29, 0.717) is 30.5 Å². The van der Waals surface area contributed by atoms with Crippen molar-refractivity contribution in [1.82, 2.24) is 18.7 Å². The van der Waals surface area contributed by atoms with Crippen molar-refractivity contribution in [2.45, 2.75) is 73.0 Å². The quantitative estimate of drug-likeness (QED) is 0.351. The molecule has 0 bridgehead atoms. The highest BCUT2D eigenvalue weighted by Gasteiger charge is 2.07. The molecule has 0 aliphatic carbocycles. The number of H-pyrrole nitrogens is 1. The van der Waals surface area contributed by atoms with E-state index in [1.54, 1.807) is 29.5 Å². The van der Waals surface area contributed by atoms with Crippen LogP contribution in [0, 0.1) is 0 Å². The number of nitrogens with two attached hydrogens (primary N) is 2. The van der Waals surface area contributed by atoms with Gasteiger partial charge in [0.25, 0.3) is 11.1 Å². The van der Waals surface area contributed by atoms with Gasteiger partial charge in [0.15, 0.2) is 0 Å². The highest BCUT2D eigenvalue weighted by Crippen LogP contribution is 1.96. The third-order valence-electron chi connectivity index (χ3n) is 3.64. The van der Waals surface area contributed by atoms with Gasteiger partial charge in [0.2, 0.25) is 0 Å². The van der Waals surface area contributed by atoms with Gasteiger partial charge in [-0.1, -0.05) is 50.3 Å². The molecule has 2 rings (SSSR count). The summed E-state index contributed by atoms with van der Waals surface area (Å²) in [7, 11) is 0. The zero-order valence-corrected chi connectivity index (χ0v) is 20.6. The van der Waals surface area contributed by atoms with Crippen LogP contribution in [0.15, 0.2) is 31.3 Å². The van der Waals surface area contributed by atoms with Crippen molar-refractivity contribution in [2.75, 3.05) is 15.8 Å². The highest BCUT2D eigenvalue weighted by atomic mass is 127. The average molecular weight is 554 g/mol. The number of hydrogen-bond donors (Lipinski definition) is 3. The number of rotatable bonds is 7. The van der Waals surface area contributed by atoms with E-state index in [4.69, 9.17) is 17.0 Å². The van der Waals surface area contributed by atoms with Crippen LogP contribution in [-0.4, -0.2) is 23.1 Å². The molecule has 0 aliphatic heterocycles. The molecule has 11 heteroatoms. The van der Waals surface area contributed by atoms with Gasteiger partial charge < -0.3 is 11.5 Å². The van der Waals surface area contributed by atoms with E-state index in [1.165, 1.54) is 15.2 Å². The fourth-order valence-corrected chi connectivity index (χ4v) is 2.34. The lowest BCUT2D eigenvalue weighted by atomic mass is 10.4. The van der Waals surface area contributed by atoms with E-state index in [1.807, 2.05) is 20.8 Å². The number of hydrogen-bond acceptors (Lipinski definition) is 6. The van der Waals surface area contributed by atoms with Gasteiger partial charge in [0, 0.05) is 34.5 Å². The van der Waals surface area contributed by atoms with E-state index in [-0.39, 0.29) is 18.1 Å². The van der Waals surface area contributed by atoms with Gasteiger partial charge >= 0.3 is 11.4 Å². The summed E-state index contributed by atoms with van der Waals surface area (Å²) in [5.74, 6) is 0.288. The van der Waals surface area contributed by atoms with Crippen LogP contribution in [0.25, 0.3) is 0 Å². The van der Waals surface area contributed by atoms with Gasteiger partial charge in [-0.25, -0.2) is 9.59 Å². The Morgan fingerprint density at radius 1 is 0.871 bits per heavy atom. The average Bonchev–Trinajstić information content (AvgIpc) is 2.73. The van der Waals surface area contributed by atoms with E-state index >= 15 is 0 Å². The molecule has 2 aromatic heterocycles. The summed E-state index contributed by atoms with van der Waals surface area (Å²) in [6, 6.07) is 2.29. The Kier molecular flexibility index (Phi) is 10.9. The Hall–Kier alpha value is -2.31. The van der Waals surface area contributed by atoms with E-state index < -0.39 is 33.4 Å². The topological polar surface area (TPSA) is 151 Å². The predicted molar refractivity (Wildman–Crippen MR) is 135 cm³/mol. The Morgan fingerprint density at radius 2 is 1.39 bits per heavy atom. The van der Waals surface area contributed by atoms with Crippen molar-refractivity contribution < 1.29 is 5.48 Å². The molecule has 0 aliphatic rings. The molecule has 0 atom stereocenters. The molecular formula is C20H35IN6O4. The fraction of sp³-hybridized carbons (Fsp3) is 0.600. The third kappa shape index (κ3) is 9.57. The summed E-state index contributed by atoms with van der Waals surface area (Å²) in [6.07, 6.45) is 2.11. The summed E-state index contributed by atoms with van der Waals surface area (Å²) >= 11 is 1.77. The zero-order valence-electron chi connectivity index (χ0n) is 22.4. The predicted octanol–water partition coefficient (Wildman–Crippen LogP) is 1.77. The number of alkyl halides is 1. The van der Waals surface area contributed by atoms with Crippen LogP contribution < -0.4 is 34.0 Å². The van der Waals surface area contributed by atoms with Crippen molar-refractivity contribution in [1.29, 1.82) is 0 Å². The molecule has 0 saturated heterocycles. The first-order valence-electron chi connectivity index (χ1n) is 12.0. The maximum Gasteiger partial charge on any atom is 0.332 e. The number of anilines is 2. The first kappa shape index (κ1) is 21.9. The van der Waals surface area contributed by atoms with Gasteiger partial charge in [0.1, 0.15) is 11.6 Å². The first-order valence-corrected chi connectivity index (χ1v) is 11.0. The number of nitrogens with one attached hydrogen (secondary N) is 1. The van der Waals surface area contributed by atoms with Crippen molar-refractivity contribution in [3.63, 3.8) is 0 Å². The van der Waals surface area contributed by atoms with Crippen LogP contribution in [0.4, 0.5) is 11.6 Å². The maximum absolute atomic E-state index is 12.0. The standard InChI is InChI=1S/C10H17N3O2.C7H11N3O2.C3H7I/c1-3-5-12-8(11)7-9(14)13(6-4-2)10(12)15;1-2-3-10-5(8)4-6(11)9-7(10)12;1-2-3-4/h7H,3-6,11H2,1-2H3;4H,2-3,8H2,1H3,(H,9,11,12);2-3H2,1H3/i6D2;;3D2. The van der Waals surface area contributed by atoms with Gasteiger partial charge in [0.05, 0.1) is 2.74 Å².